The van der Waals surface area contributed by atoms with E-state index in [4.69, 9.17) is 4.74 Å². The number of carbonyl (C=O) groups is 7. The fourth-order valence-corrected chi connectivity index (χ4v) is 5.78. The molecule has 2 heterocycles. The molecule has 0 spiro atoms. The summed E-state index contributed by atoms with van der Waals surface area (Å²) in [6.45, 7) is 12.1. The molecule has 1 aromatic rings. The van der Waals surface area contributed by atoms with Gasteiger partial charge in [0.15, 0.2) is 0 Å². The number of ketones is 1. The number of amides is 6. The van der Waals surface area contributed by atoms with Crippen LogP contribution in [0.3, 0.4) is 0 Å². The van der Waals surface area contributed by atoms with E-state index in [1.54, 1.807) is 72.5 Å². The minimum absolute atomic E-state index is 0.170. The van der Waals surface area contributed by atoms with Crippen molar-refractivity contribution in [2.75, 3.05) is 27.2 Å². The van der Waals surface area contributed by atoms with Crippen molar-refractivity contribution in [2.24, 2.45) is 5.41 Å². The van der Waals surface area contributed by atoms with Gasteiger partial charge in [-0.05, 0) is 67.8 Å². The zero-order valence-electron chi connectivity index (χ0n) is 29.6. The molecular formula is C33H52N6O8S. The van der Waals surface area contributed by atoms with E-state index in [0.29, 0.717) is 31.2 Å². The lowest BCUT2D eigenvalue weighted by Gasteiger charge is -2.36. The Bertz CT molecular complexity index is 1320. The van der Waals surface area contributed by atoms with E-state index >= 15 is 0 Å². The fraction of sp³-hybridized carbons (Fsp3) is 0.667. The van der Waals surface area contributed by atoms with Crippen LogP contribution in [0, 0.1) is 5.41 Å². The van der Waals surface area contributed by atoms with Crippen molar-refractivity contribution >= 4 is 52.7 Å². The molecule has 1 saturated heterocycles. The Kier molecular flexibility index (Phi) is 14.6. The minimum atomic E-state index is -1.19. The highest BCUT2D eigenvalue weighted by Gasteiger charge is 2.43. The number of nitrogens with zero attached hydrogens (tertiary/aromatic N) is 2. The number of nitrogens with one attached hydrogen (secondary N) is 4. The lowest BCUT2D eigenvalue weighted by atomic mass is 9.85. The van der Waals surface area contributed by atoms with E-state index < -0.39 is 77.2 Å². The van der Waals surface area contributed by atoms with E-state index in [1.165, 1.54) is 21.1 Å². The van der Waals surface area contributed by atoms with Crippen LogP contribution in [0.2, 0.25) is 0 Å². The molecule has 1 aliphatic heterocycles. The second-order valence-corrected chi connectivity index (χ2v) is 15.0. The summed E-state index contributed by atoms with van der Waals surface area (Å²) in [4.78, 5) is 94.2. The predicted octanol–water partition coefficient (Wildman–Crippen LogP) is 2.28. The molecule has 2 unspecified atom stereocenters. The molecule has 15 heteroatoms. The second-order valence-electron chi connectivity index (χ2n) is 14.2. The number of alkyl carbamates (subject to hydrolysis) is 1. The molecule has 48 heavy (non-hydrogen) atoms. The number of ether oxygens (including phenoxy) is 1. The fourth-order valence-electron chi connectivity index (χ4n) is 5.09. The highest BCUT2D eigenvalue weighted by Crippen LogP contribution is 2.26. The maximum Gasteiger partial charge on any atom is 0.408 e. The number of likely N-dealkylation sites (N-methyl/N-ethyl adjacent to an activating group) is 1. The van der Waals surface area contributed by atoms with E-state index in [-0.39, 0.29) is 18.9 Å². The summed E-state index contributed by atoms with van der Waals surface area (Å²) in [5, 5.41) is 13.7. The summed E-state index contributed by atoms with van der Waals surface area (Å²) in [6.07, 6.45) is 1.48. The van der Waals surface area contributed by atoms with Crippen molar-refractivity contribution < 1.29 is 38.3 Å². The molecular weight excluding hydrogens is 640 g/mol. The SMILES string of the molecule is CCCCC(NC(=O)[C@@H]1CCCN1C(=O)C(NC(=O)OC(C)(C)C)C(C)(C)C)C(=O)C(=O)NCC(=O)N[C@H](C(=O)N(C)C)c1ccsc1. The monoisotopic (exact) mass is 692 g/mol. The number of hydrogen-bond donors (Lipinski definition) is 4. The Morgan fingerprint density at radius 2 is 1.69 bits per heavy atom. The lowest BCUT2D eigenvalue weighted by Crippen LogP contribution is -2.59. The van der Waals surface area contributed by atoms with Gasteiger partial charge in [0.05, 0.1) is 12.6 Å². The molecule has 1 aromatic heterocycles. The van der Waals surface area contributed by atoms with Crippen LogP contribution in [-0.4, -0.2) is 102 Å². The van der Waals surface area contributed by atoms with Crippen molar-refractivity contribution in [3.63, 3.8) is 0 Å². The molecule has 0 radical (unpaired) electrons. The number of carbonyl (C=O) groups excluding carboxylic acids is 7. The number of rotatable bonds is 14. The Morgan fingerprint density at radius 3 is 2.23 bits per heavy atom. The topological polar surface area (TPSA) is 183 Å². The number of unbranched alkanes of at least 4 members (excludes halogenated alkanes) is 1. The molecule has 0 aliphatic carbocycles. The molecule has 0 saturated carbocycles. The first kappa shape index (κ1) is 40.2. The van der Waals surface area contributed by atoms with E-state index in [0.717, 1.165) is 0 Å². The Balaban J connectivity index is 2.11. The van der Waals surface area contributed by atoms with E-state index in [9.17, 15) is 33.6 Å². The van der Waals surface area contributed by atoms with Crippen LogP contribution in [0.4, 0.5) is 4.79 Å². The molecule has 268 valence electrons. The Labute approximate surface area is 287 Å². The maximum absolute atomic E-state index is 13.8. The van der Waals surface area contributed by atoms with E-state index in [1.807, 2.05) is 6.92 Å². The largest absolute Gasteiger partial charge is 0.444 e. The van der Waals surface area contributed by atoms with Crippen molar-refractivity contribution in [1.82, 2.24) is 31.1 Å². The third kappa shape index (κ3) is 11.9. The zero-order chi connectivity index (χ0) is 36.4. The summed E-state index contributed by atoms with van der Waals surface area (Å²) in [7, 11) is 3.12. The number of hydrogen-bond acceptors (Lipinski definition) is 9. The molecule has 4 atom stereocenters. The van der Waals surface area contributed by atoms with Crippen LogP contribution >= 0.6 is 11.3 Å². The van der Waals surface area contributed by atoms with Crippen LogP contribution in [0.5, 0.6) is 0 Å². The molecule has 1 aliphatic rings. The molecule has 4 N–H and O–H groups in total. The first-order chi connectivity index (χ1) is 22.3. The van der Waals surface area contributed by atoms with Gasteiger partial charge in [-0.25, -0.2) is 4.79 Å². The van der Waals surface area contributed by atoms with Gasteiger partial charge < -0.3 is 35.8 Å². The van der Waals surface area contributed by atoms with Crippen LogP contribution in [0.1, 0.15) is 92.2 Å². The second kappa shape index (κ2) is 17.4. The average Bonchev–Trinajstić information content (AvgIpc) is 3.70. The number of thiophene rings is 1. The van der Waals surface area contributed by atoms with Crippen LogP contribution in [0.25, 0.3) is 0 Å². The van der Waals surface area contributed by atoms with E-state index in [2.05, 4.69) is 21.3 Å². The van der Waals surface area contributed by atoms with Gasteiger partial charge >= 0.3 is 6.09 Å². The summed E-state index contributed by atoms with van der Waals surface area (Å²) in [6, 6.07) is -2.36. The first-order valence-corrected chi connectivity index (χ1v) is 17.2. The van der Waals surface area contributed by atoms with Gasteiger partial charge in [-0.15, -0.1) is 0 Å². The zero-order valence-corrected chi connectivity index (χ0v) is 30.4. The normalized spacial score (nSPS) is 16.6. The van der Waals surface area contributed by atoms with Crippen LogP contribution in [0.15, 0.2) is 16.8 Å². The highest BCUT2D eigenvalue weighted by atomic mass is 32.1. The van der Waals surface area contributed by atoms with Crippen molar-refractivity contribution in [3.8, 4) is 0 Å². The summed E-state index contributed by atoms with van der Waals surface area (Å²) >= 11 is 1.36. The molecule has 2 rings (SSSR count). The summed E-state index contributed by atoms with van der Waals surface area (Å²) < 4.78 is 5.36. The Hall–Kier alpha value is -4.01. The third-order valence-corrected chi connectivity index (χ3v) is 8.30. The quantitative estimate of drug-likeness (QED) is 0.214. The molecule has 14 nitrogen and oxygen atoms in total. The van der Waals surface area contributed by atoms with Gasteiger partial charge in [-0.2, -0.15) is 11.3 Å². The van der Waals surface area contributed by atoms with Crippen molar-refractivity contribution in [1.29, 1.82) is 0 Å². The third-order valence-electron chi connectivity index (χ3n) is 7.59. The van der Waals surface area contributed by atoms with Crippen molar-refractivity contribution in [2.45, 2.75) is 110 Å². The average molecular weight is 693 g/mol. The maximum atomic E-state index is 13.8. The standard InChI is InChI=1S/C33H52N6O8S/c1-10-11-13-21(25(41)28(43)34-18-23(40)36-24(29(44)38(8)9)20-15-17-48-19-20)35-27(42)22-14-12-16-39(22)30(45)26(32(2,3)4)37-31(46)47-33(5,6)7/h15,17,19,21-22,24,26H,10-14,16,18H2,1-9H3,(H,34,43)(H,35,42)(H,36,40)(H,37,46)/t21?,22-,24-,26?/m0/s1. The molecule has 0 bridgehead atoms. The van der Waals surface area contributed by atoms with Gasteiger partial charge in [0.1, 0.15) is 23.7 Å². The first-order valence-electron chi connectivity index (χ1n) is 16.2. The van der Waals surface area contributed by atoms with Gasteiger partial charge in [0.2, 0.25) is 29.4 Å². The van der Waals surface area contributed by atoms with Gasteiger partial charge in [-0.3, -0.25) is 28.8 Å². The van der Waals surface area contributed by atoms with Crippen molar-refractivity contribution in [3.05, 3.63) is 22.4 Å². The molecule has 0 aromatic carbocycles. The molecule has 1 fully saturated rings. The van der Waals surface area contributed by atoms with Gasteiger partial charge in [-0.1, -0.05) is 40.5 Å². The van der Waals surface area contributed by atoms with Gasteiger partial charge in [0.25, 0.3) is 5.91 Å². The number of Topliss-reactive ketones (excluding diaryl/α,β-unsaturated/α-hetero) is 1. The van der Waals surface area contributed by atoms with Crippen LogP contribution < -0.4 is 21.3 Å². The van der Waals surface area contributed by atoms with Crippen LogP contribution in [-0.2, 0) is 33.5 Å². The highest BCUT2D eigenvalue weighted by molar-refractivity contribution is 7.08. The summed E-state index contributed by atoms with van der Waals surface area (Å²) in [5.41, 5.74) is -0.907. The molecule has 6 amide bonds. The smallest absolute Gasteiger partial charge is 0.408 e. The predicted molar refractivity (Wildman–Crippen MR) is 181 cm³/mol. The number of likely N-dealkylation sites (tertiary alicyclic amines) is 1. The van der Waals surface area contributed by atoms with Gasteiger partial charge in [0, 0.05) is 20.6 Å². The summed E-state index contributed by atoms with van der Waals surface area (Å²) in [5.74, 6) is -4.08. The lowest BCUT2D eigenvalue weighted by molar-refractivity contribution is -0.144. The minimum Gasteiger partial charge on any atom is -0.444 e. The Morgan fingerprint density at radius 1 is 1.02 bits per heavy atom.